The normalized spacial score (nSPS) is 16.9. The predicted molar refractivity (Wildman–Crippen MR) is 104 cm³/mol. The van der Waals surface area contributed by atoms with Crippen LogP contribution in [-0.2, 0) is 16.4 Å². The lowest BCUT2D eigenvalue weighted by Gasteiger charge is -2.27. The first kappa shape index (κ1) is 19.8. The van der Waals surface area contributed by atoms with E-state index in [-0.39, 0.29) is 17.5 Å². The van der Waals surface area contributed by atoms with E-state index in [1.165, 1.54) is 23.5 Å². The molecule has 2 aromatic carbocycles. The van der Waals surface area contributed by atoms with Crippen molar-refractivity contribution in [2.45, 2.75) is 42.3 Å². The van der Waals surface area contributed by atoms with Crippen LogP contribution < -0.4 is 10.5 Å². The Kier molecular flexibility index (Phi) is 6.16. The highest BCUT2D eigenvalue weighted by Gasteiger charge is 2.39. The van der Waals surface area contributed by atoms with E-state index in [0.29, 0.717) is 12.2 Å². The molecular weight excluding hydrogens is 364 g/mol. The lowest BCUT2D eigenvalue weighted by Crippen LogP contribution is -2.47. The molecule has 2 aromatic rings. The van der Waals surface area contributed by atoms with Crippen LogP contribution in [0.15, 0.2) is 59.5 Å². The van der Waals surface area contributed by atoms with Crippen LogP contribution in [0.25, 0.3) is 0 Å². The summed E-state index contributed by atoms with van der Waals surface area (Å²) < 4.78 is 32.6. The fourth-order valence-corrected chi connectivity index (χ4v) is 4.73. The molecule has 27 heavy (non-hydrogen) atoms. The summed E-state index contributed by atoms with van der Waals surface area (Å²) in [4.78, 5) is 0.194. The van der Waals surface area contributed by atoms with E-state index in [9.17, 15) is 13.5 Å². The maximum Gasteiger partial charge on any atom is 0.243 e. The van der Waals surface area contributed by atoms with Crippen molar-refractivity contribution in [3.8, 4) is 5.75 Å². The van der Waals surface area contributed by atoms with Crippen molar-refractivity contribution >= 4 is 10.0 Å². The highest BCUT2D eigenvalue weighted by Crippen LogP contribution is 2.32. The third-order valence-corrected chi connectivity index (χ3v) is 6.73. The van der Waals surface area contributed by atoms with Gasteiger partial charge in [-0.2, -0.15) is 4.31 Å². The molecule has 7 heteroatoms. The number of aliphatic hydroxyl groups is 1. The molecule has 1 fully saturated rings. The van der Waals surface area contributed by atoms with Crippen LogP contribution in [0, 0.1) is 0 Å². The average molecular weight is 391 g/mol. The summed E-state index contributed by atoms with van der Waals surface area (Å²) in [7, 11) is -2.17. The highest BCUT2D eigenvalue weighted by molar-refractivity contribution is 7.89. The van der Waals surface area contributed by atoms with Crippen LogP contribution in [0.4, 0.5) is 0 Å². The first-order chi connectivity index (χ1) is 12.9. The molecule has 1 aliphatic rings. The third-order valence-electron chi connectivity index (χ3n) is 4.80. The molecule has 0 aliphatic heterocycles. The van der Waals surface area contributed by atoms with Gasteiger partial charge in [-0.05, 0) is 49.1 Å². The van der Waals surface area contributed by atoms with Crippen molar-refractivity contribution in [2.75, 3.05) is 13.7 Å². The number of ether oxygens (including phenoxy) is 1. The minimum Gasteiger partial charge on any atom is -0.497 e. The maximum atomic E-state index is 13.1. The zero-order valence-corrected chi connectivity index (χ0v) is 16.2. The summed E-state index contributed by atoms with van der Waals surface area (Å²) in [6.07, 6.45) is 1.15. The van der Waals surface area contributed by atoms with E-state index >= 15 is 0 Å². The van der Waals surface area contributed by atoms with Gasteiger partial charge in [0.05, 0.1) is 18.1 Å². The van der Waals surface area contributed by atoms with Crippen LogP contribution in [-0.4, -0.2) is 49.7 Å². The summed E-state index contributed by atoms with van der Waals surface area (Å²) in [5.41, 5.74) is 7.16. The van der Waals surface area contributed by atoms with Gasteiger partial charge in [-0.1, -0.05) is 30.3 Å². The molecule has 2 atom stereocenters. The van der Waals surface area contributed by atoms with Crippen LogP contribution in [0.2, 0.25) is 0 Å². The summed E-state index contributed by atoms with van der Waals surface area (Å²) in [6, 6.07) is 15.3. The number of benzene rings is 2. The summed E-state index contributed by atoms with van der Waals surface area (Å²) in [5, 5.41) is 10.6. The maximum absolute atomic E-state index is 13.1. The van der Waals surface area contributed by atoms with Gasteiger partial charge in [-0.25, -0.2) is 8.42 Å². The second kappa shape index (κ2) is 8.39. The standard InChI is InChI=1S/C20H26N2O4S/c1-26-17-9-11-18(12-10-17)27(24,25)22(16-7-8-16)14-20(23)19(21)13-15-5-3-2-4-6-15/h2-6,9-12,16,19-20,23H,7-8,13-14,21H2,1H3/t19-,20+/m0/s1. The Morgan fingerprint density at radius 2 is 1.78 bits per heavy atom. The average Bonchev–Trinajstić information content (AvgIpc) is 3.51. The number of hydrogen-bond donors (Lipinski definition) is 2. The second-order valence-corrected chi connectivity index (χ2v) is 8.79. The minimum absolute atomic E-state index is 0.00692. The lowest BCUT2D eigenvalue weighted by molar-refractivity contribution is 0.117. The molecule has 0 saturated heterocycles. The fourth-order valence-electron chi connectivity index (χ4n) is 3.03. The summed E-state index contributed by atoms with van der Waals surface area (Å²) in [6.45, 7) is -0.00692. The predicted octanol–water partition coefficient (Wildman–Crippen LogP) is 1.78. The molecule has 0 amide bonds. The largest absolute Gasteiger partial charge is 0.497 e. The topological polar surface area (TPSA) is 92.9 Å². The van der Waals surface area contributed by atoms with Gasteiger partial charge in [0.1, 0.15) is 5.75 Å². The number of methoxy groups -OCH3 is 1. The van der Waals surface area contributed by atoms with Crippen molar-refractivity contribution in [3.05, 3.63) is 60.2 Å². The van der Waals surface area contributed by atoms with Gasteiger partial charge in [0.15, 0.2) is 0 Å². The molecule has 0 heterocycles. The number of aliphatic hydroxyl groups excluding tert-OH is 1. The number of nitrogens with two attached hydrogens (primary N) is 1. The third kappa shape index (κ3) is 4.87. The van der Waals surface area contributed by atoms with E-state index in [0.717, 1.165) is 18.4 Å². The Labute approximate surface area is 160 Å². The molecule has 1 saturated carbocycles. The first-order valence-corrected chi connectivity index (χ1v) is 10.5. The number of hydrogen-bond acceptors (Lipinski definition) is 5. The molecule has 0 bridgehead atoms. The van der Waals surface area contributed by atoms with Gasteiger partial charge in [-0.15, -0.1) is 0 Å². The van der Waals surface area contributed by atoms with E-state index in [4.69, 9.17) is 10.5 Å². The van der Waals surface area contributed by atoms with Crippen molar-refractivity contribution < 1.29 is 18.3 Å². The van der Waals surface area contributed by atoms with Crippen molar-refractivity contribution in [2.24, 2.45) is 5.73 Å². The second-order valence-electron chi connectivity index (χ2n) is 6.90. The Hall–Kier alpha value is -1.93. The highest BCUT2D eigenvalue weighted by atomic mass is 32.2. The Bertz CT molecular complexity index is 836. The van der Waals surface area contributed by atoms with E-state index < -0.39 is 22.2 Å². The van der Waals surface area contributed by atoms with E-state index in [2.05, 4.69) is 0 Å². The molecular formula is C20H26N2O4S. The lowest BCUT2D eigenvalue weighted by atomic mass is 10.0. The van der Waals surface area contributed by atoms with E-state index in [1.807, 2.05) is 30.3 Å². The van der Waals surface area contributed by atoms with Crippen LogP contribution >= 0.6 is 0 Å². The Balaban J connectivity index is 1.72. The number of nitrogens with zero attached hydrogens (tertiary/aromatic N) is 1. The number of rotatable bonds is 9. The molecule has 0 unspecified atom stereocenters. The smallest absolute Gasteiger partial charge is 0.243 e. The fraction of sp³-hybridized carbons (Fsp3) is 0.400. The monoisotopic (exact) mass is 390 g/mol. The molecule has 6 nitrogen and oxygen atoms in total. The molecule has 3 N–H and O–H groups in total. The van der Waals surface area contributed by atoms with Gasteiger partial charge in [0, 0.05) is 18.6 Å². The van der Waals surface area contributed by atoms with Gasteiger partial charge < -0.3 is 15.6 Å². The van der Waals surface area contributed by atoms with Crippen molar-refractivity contribution in [3.63, 3.8) is 0 Å². The molecule has 0 radical (unpaired) electrons. The van der Waals surface area contributed by atoms with Gasteiger partial charge in [0.25, 0.3) is 0 Å². The zero-order chi connectivity index (χ0) is 19.4. The first-order valence-electron chi connectivity index (χ1n) is 9.05. The Morgan fingerprint density at radius 1 is 1.15 bits per heavy atom. The SMILES string of the molecule is COc1ccc(S(=O)(=O)N(C[C@@H](O)[C@@H](N)Cc2ccccc2)C2CC2)cc1. The quantitative estimate of drug-likeness (QED) is 0.681. The van der Waals surface area contributed by atoms with Crippen LogP contribution in [0.3, 0.4) is 0 Å². The minimum atomic E-state index is -3.70. The molecule has 0 aromatic heterocycles. The molecule has 0 spiro atoms. The molecule has 3 rings (SSSR count). The van der Waals surface area contributed by atoms with Gasteiger partial charge in [-0.3, -0.25) is 0 Å². The van der Waals surface area contributed by atoms with Crippen LogP contribution in [0.1, 0.15) is 18.4 Å². The zero-order valence-electron chi connectivity index (χ0n) is 15.4. The van der Waals surface area contributed by atoms with Crippen molar-refractivity contribution in [1.29, 1.82) is 0 Å². The summed E-state index contributed by atoms with van der Waals surface area (Å²) >= 11 is 0. The molecule has 146 valence electrons. The number of sulfonamides is 1. The molecule has 1 aliphatic carbocycles. The Morgan fingerprint density at radius 3 is 2.33 bits per heavy atom. The van der Waals surface area contributed by atoms with E-state index in [1.54, 1.807) is 12.1 Å². The van der Waals surface area contributed by atoms with Crippen LogP contribution in [0.5, 0.6) is 5.75 Å². The van der Waals surface area contributed by atoms with Crippen molar-refractivity contribution in [1.82, 2.24) is 4.31 Å². The van der Waals surface area contributed by atoms with Gasteiger partial charge >= 0.3 is 0 Å². The van der Waals surface area contributed by atoms with Gasteiger partial charge in [0.2, 0.25) is 10.0 Å². The summed E-state index contributed by atoms with van der Waals surface area (Å²) in [5.74, 6) is 0.594.